The van der Waals surface area contributed by atoms with Gasteiger partial charge in [0.15, 0.2) is 0 Å². The zero-order valence-corrected chi connectivity index (χ0v) is 9.55. The van der Waals surface area contributed by atoms with Crippen LogP contribution in [0.3, 0.4) is 0 Å². The zero-order valence-electron chi connectivity index (χ0n) is 3.18. The third-order valence-corrected chi connectivity index (χ3v) is 20.2. The molecule has 0 bridgehead atoms. The summed E-state index contributed by atoms with van der Waals surface area (Å²) in [6.07, 6.45) is 0. The molecule has 0 aliphatic heterocycles. The van der Waals surface area contributed by atoms with Gasteiger partial charge in [-0.15, -0.1) is 0 Å². The standard InChI is InChI=1S/HP7/c1-5-7(4)6(2)3/h1H. The lowest BCUT2D eigenvalue weighted by atomic mass is 28.9. The Morgan fingerprint density at radius 2 is 1.71 bits per heavy atom. The Labute approximate surface area is 58.0 Å². The van der Waals surface area contributed by atoms with Crippen molar-refractivity contribution in [1.29, 1.82) is 0 Å². The van der Waals surface area contributed by atoms with Crippen LogP contribution in [-0.2, 0) is 0 Å². The highest BCUT2D eigenvalue weighted by atomic mass is 33.0. The normalized spacial score (nSPS) is 16.7. The quantitative estimate of drug-likeness (QED) is 0.516. The van der Waals surface area contributed by atoms with Crippen LogP contribution in [0.5, 0.6) is 0 Å². The molecule has 8 radical (unpaired) electrons. The molecule has 1 atom stereocenters. The Bertz CT molecular complexity index is 37.3. The maximum Gasteiger partial charge on any atom is -0.000000345 e. The number of hydrogen-bond acceptors (Lipinski definition) is 0. The van der Waals surface area contributed by atoms with E-state index in [0.717, 1.165) is 7.96 Å². The summed E-state index contributed by atoms with van der Waals surface area (Å²) in [5, 5.41) is 0. The molecular formula is HP7. The highest BCUT2D eigenvalue weighted by Crippen LogP contribution is 2.92. The third kappa shape index (κ3) is 5.45. The third-order valence-electron chi connectivity index (χ3n) is 0.249. The lowest BCUT2D eigenvalue weighted by Gasteiger charge is -2.06. The molecule has 0 aliphatic rings. The summed E-state index contributed by atoms with van der Waals surface area (Å²) in [6, 6.07) is 0. The first-order valence-corrected chi connectivity index (χ1v) is 11.0. The van der Waals surface area contributed by atoms with Crippen LogP contribution < -0.4 is 0 Å². The molecule has 0 aromatic heterocycles. The van der Waals surface area contributed by atoms with Gasteiger partial charge in [-0.2, -0.15) is 0 Å². The van der Waals surface area contributed by atoms with E-state index in [1.54, 1.807) is 0 Å². The van der Waals surface area contributed by atoms with Crippen molar-refractivity contribution < 1.29 is 0 Å². The fraction of sp³-hybridized carbons (Fsp3) is 0. The van der Waals surface area contributed by atoms with Gasteiger partial charge in [0.2, 0.25) is 0 Å². The Morgan fingerprint density at radius 3 is 1.71 bits per heavy atom. The molecule has 0 aromatic carbocycles. The van der Waals surface area contributed by atoms with Crippen LogP contribution in [0.2, 0.25) is 0 Å². The molecule has 0 amide bonds. The minimum Gasteiger partial charge on any atom is -0.0581 e. The number of rotatable bonds is 2. The van der Waals surface area contributed by atoms with Crippen molar-refractivity contribution >= 4 is 57.6 Å². The van der Waals surface area contributed by atoms with E-state index >= 15 is 0 Å². The summed E-state index contributed by atoms with van der Waals surface area (Å²) in [5.41, 5.74) is 0. The summed E-state index contributed by atoms with van der Waals surface area (Å²) < 4.78 is 0. The second-order valence-corrected chi connectivity index (χ2v) is 17.2. The van der Waals surface area contributed by atoms with E-state index in [-0.39, 0.29) is 6.99 Å². The lowest BCUT2D eigenvalue weighted by molar-refractivity contribution is 4.87. The molecular weight excluding hydrogens is 217 g/mol. The van der Waals surface area contributed by atoms with Gasteiger partial charge in [-0.25, -0.2) is 0 Å². The van der Waals surface area contributed by atoms with Gasteiger partial charge in [0.1, 0.15) is 0 Å². The molecule has 1 unspecified atom stereocenters. The Hall–Kier alpha value is 3.01. The van der Waals surface area contributed by atoms with Crippen molar-refractivity contribution in [2.45, 2.75) is 0 Å². The summed E-state index contributed by atoms with van der Waals surface area (Å²) in [5.74, 6) is 0. The van der Waals surface area contributed by atoms with Gasteiger partial charge in [-0.05, 0) is 48.7 Å². The van der Waals surface area contributed by atoms with Crippen LogP contribution in [0.4, 0.5) is 0 Å². The second kappa shape index (κ2) is 5.77. The van der Waals surface area contributed by atoms with E-state index in [9.17, 15) is 0 Å². The van der Waals surface area contributed by atoms with E-state index in [1.807, 2.05) is 0 Å². The van der Waals surface area contributed by atoms with Crippen molar-refractivity contribution in [2.75, 3.05) is 0 Å². The van der Waals surface area contributed by atoms with Crippen LogP contribution in [0.1, 0.15) is 0 Å². The molecule has 0 saturated carbocycles. The molecule has 0 aromatic rings. The highest BCUT2D eigenvalue weighted by Gasteiger charge is 2.05. The predicted molar refractivity (Wildman–Crippen MR) is 49.8 cm³/mol. The van der Waals surface area contributed by atoms with Crippen LogP contribution >= 0.6 is 57.6 Å². The minimum atomic E-state index is -0.405. The fourth-order valence-electron chi connectivity index (χ4n) is 0.0400. The molecule has 36 valence electrons. The Kier molecular flexibility index (Phi) is 8.25. The molecule has 0 heterocycles. The average molecular weight is 218 g/mol. The van der Waals surface area contributed by atoms with Gasteiger partial charge < -0.3 is 0 Å². The van der Waals surface area contributed by atoms with Gasteiger partial charge in [-0.1, -0.05) is 8.93 Å². The van der Waals surface area contributed by atoms with Crippen molar-refractivity contribution in [2.24, 2.45) is 0 Å². The predicted octanol–water partition coefficient (Wildman–Crippen LogP) is 5.76. The SMILES string of the molecule is [P]P([P])P([P])[P][PH]. The lowest BCUT2D eigenvalue weighted by Crippen LogP contribution is -1.19. The molecule has 7 heteroatoms. The van der Waals surface area contributed by atoms with Crippen LogP contribution in [-0.4, -0.2) is 0 Å². The first kappa shape index (κ1) is 10.0. The second-order valence-electron chi connectivity index (χ2n) is 0.637. The van der Waals surface area contributed by atoms with Crippen molar-refractivity contribution in [3.05, 3.63) is 0 Å². The summed E-state index contributed by atoms with van der Waals surface area (Å²) in [7, 11) is 16.9. The Morgan fingerprint density at radius 1 is 1.29 bits per heavy atom. The van der Waals surface area contributed by atoms with Crippen LogP contribution in [0, 0.1) is 0 Å². The average Bonchev–Trinajstić information content (AvgIpc) is 1.65. The van der Waals surface area contributed by atoms with Crippen LogP contribution in [0.15, 0.2) is 0 Å². The monoisotopic (exact) mass is 218 g/mol. The molecule has 0 nitrogen and oxygen atoms in total. The van der Waals surface area contributed by atoms with Gasteiger partial charge in [0.05, 0.1) is 0 Å². The maximum absolute atomic E-state index is 4.20. The first-order valence-electron chi connectivity index (χ1n) is 1.22. The summed E-state index contributed by atoms with van der Waals surface area (Å²) in [4.78, 5) is 0. The summed E-state index contributed by atoms with van der Waals surface area (Å²) in [6.45, 7) is -0.669. The smallest absolute Gasteiger partial charge is 0.000000345 e. The Balaban J connectivity index is 3.14. The molecule has 7 heavy (non-hydrogen) atoms. The van der Waals surface area contributed by atoms with Gasteiger partial charge in [0.25, 0.3) is 0 Å². The van der Waals surface area contributed by atoms with Gasteiger partial charge in [0, 0.05) is 0 Å². The highest BCUT2D eigenvalue weighted by molar-refractivity contribution is 8.98. The molecule has 0 saturated heterocycles. The molecule has 0 rings (SSSR count). The van der Waals surface area contributed by atoms with Crippen LogP contribution in [0.25, 0.3) is 0 Å². The fourth-order valence-corrected chi connectivity index (χ4v) is 9.72. The maximum atomic E-state index is 4.20. The topological polar surface area (TPSA) is 0 Å². The van der Waals surface area contributed by atoms with Crippen molar-refractivity contribution in [1.82, 2.24) is 0 Å². The van der Waals surface area contributed by atoms with E-state index in [0.29, 0.717) is 0 Å². The van der Waals surface area contributed by atoms with E-state index < -0.39 is 6.99 Å². The van der Waals surface area contributed by atoms with Crippen molar-refractivity contribution in [3.8, 4) is 0 Å². The molecule has 0 aliphatic carbocycles. The molecule has 0 N–H and O–H groups in total. The minimum absolute atomic E-state index is 0.264. The van der Waals surface area contributed by atoms with Gasteiger partial charge in [-0.3, -0.25) is 0 Å². The zero-order chi connectivity index (χ0) is 5.86. The molecule has 0 spiro atoms. The van der Waals surface area contributed by atoms with E-state index in [4.69, 9.17) is 0 Å². The molecule has 0 fully saturated rings. The van der Waals surface area contributed by atoms with E-state index in [2.05, 4.69) is 35.7 Å². The van der Waals surface area contributed by atoms with Gasteiger partial charge >= 0.3 is 0 Å². The van der Waals surface area contributed by atoms with E-state index in [1.165, 1.54) is 0 Å². The largest absolute Gasteiger partial charge is 0.0581 e. The summed E-state index contributed by atoms with van der Waals surface area (Å²) >= 11 is 0. The van der Waals surface area contributed by atoms with Crippen molar-refractivity contribution in [3.63, 3.8) is 0 Å². The number of hydrogen-bond donors (Lipinski definition) is 0. The first-order chi connectivity index (χ1) is 3.18.